The number of allylic oxidation sites excluding steroid dienone is 1. The van der Waals surface area contributed by atoms with Crippen molar-refractivity contribution in [3.8, 4) is 17.1 Å². The average Bonchev–Trinajstić information content (AvgIpc) is 3.53. The molecule has 4 aromatic rings. The predicted octanol–water partition coefficient (Wildman–Crippen LogP) is 6.11. The summed E-state index contributed by atoms with van der Waals surface area (Å²) < 4.78 is 20.2. The van der Waals surface area contributed by atoms with Crippen LogP contribution in [0.1, 0.15) is 44.1 Å². The molecule has 206 valence electrons. The van der Waals surface area contributed by atoms with Gasteiger partial charge < -0.3 is 13.9 Å². The number of carbonyl (C=O) groups is 1. The molecule has 1 aliphatic heterocycles. The van der Waals surface area contributed by atoms with Gasteiger partial charge >= 0.3 is 5.97 Å². The van der Waals surface area contributed by atoms with Crippen LogP contribution in [-0.4, -0.2) is 24.3 Å². The molecule has 0 saturated carbocycles. The zero-order valence-corrected chi connectivity index (χ0v) is 25.8. The minimum Gasteiger partial charge on any atom is -0.496 e. The van der Waals surface area contributed by atoms with Gasteiger partial charge in [-0.15, -0.1) is 0 Å². The monoisotopic (exact) mass is 688 g/mol. The van der Waals surface area contributed by atoms with Gasteiger partial charge in [0.15, 0.2) is 4.80 Å². The molecule has 7 nitrogen and oxygen atoms in total. The van der Waals surface area contributed by atoms with Gasteiger partial charge in [-0.25, -0.2) is 9.79 Å². The first kappa shape index (κ1) is 28.4. The van der Waals surface area contributed by atoms with Gasteiger partial charge in [0.1, 0.15) is 23.3 Å². The second-order valence-electron chi connectivity index (χ2n) is 9.01. The smallest absolute Gasteiger partial charge is 0.338 e. The van der Waals surface area contributed by atoms with Crippen LogP contribution >= 0.6 is 45.5 Å². The van der Waals surface area contributed by atoms with Crippen LogP contribution in [0.4, 0.5) is 0 Å². The van der Waals surface area contributed by atoms with E-state index in [4.69, 9.17) is 30.5 Å². The second-order valence-corrected chi connectivity index (χ2v) is 11.7. The van der Waals surface area contributed by atoms with E-state index in [-0.39, 0.29) is 12.2 Å². The molecule has 3 heterocycles. The molecule has 0 spiro atoms. The van der Waals surface area contributed by atoms with Crippen LogP contribution in [0, 0.1) is 3.57 Å². The number of esters is 1. The van der Waals surface area contributed by atoms with Crippen LogP contribution in [0.5, 0.6) is 5.75 Å². The van der Waals surface area contributed by atoms with Crippen LogP contribution in [0.3, 0.4) is 0 Å². The summed E-state index contributed by atoms with van der Waals surface area (Å²) in [6.07, 6.45) is 3.00. The van der Waals surface area contributed by atoms with E-state index in [0.29, 0.717) is 54.9 Å². The molecule has 0 radical (unpaired) electrons. The third-order valence-electron chi connectivity index (χ3n) is 6.41. The fourth-order valence-electron chi connectivity index (χ4n) is 4.66. The molecule has 10 heteroatoms. The number of rotatable bonds is 8. The van der Waals surface area contributed by atoms with Crippen LogP contribution in [0.25, 0.3) is 17.4 Å². The predicted molar refractivity (Wildman–Crippen MR) is 164 cm³/mol. The van der Waals surface area contributed by atoms with E-state index in [9.17, 15) is 9.59 Å². The minimum absolute atomic E-state index is 0.187. The summed E-state index contributed by atoms with van der Waals surface area (Å²) in [6, 6.07) is 16.0. The van der Waals surface area contributed by atoms with Gasteiger partial charge in [-0.1, -0.05) is 48.4 Å². The van der Waals surface area contributed by atoms with Gasteiger partial charge in [0, 0.05) is 25.8 Å². The van der Waals surface area contributed by atoms with Gasteiger partial charge in [0.05, 0.1) is 29.5 Å². The number of nitrogens with zero attached hydrogens (tertiary/aromatic N) is 2. The van der Waals surface area contributed by atoms with Gasteiger partial charge in [-0.05, 0) is 78.4 Å². The molecular formula is C30H26ClIN2O5S. The molecule has 0 fully saturated rings. The van der Waals surface area contributed by atoms with Gasteiger partial charge in [-0.2, -0.15) is 0 Å². The third-order valence-corrected chi connectivity index (χ3v) is 8.34. The van der Waals surface area contributed by atoms with Crippen molar-refractivity contribution < 1.29 is 18.7 Å². The fourth-order valence-corrected chi connectivity index (χ4v) is 6.20. The van der Waals surface area contributed by atoms with Gasteiger partial charge in [-0.3, -0.25) is 9.36 Å². The summed E-state index contributed by atoms with van der Waals surface area (Å²) >= 11 is 9.91. The van der Waals surface area contributed by atoms with Crippen molar-refractivity contribution in [1.82, 2.24) is 4.57 Å². The Kier molecular flexibility index (Phi) is 8.62. The zero-order valence-electron chi connectivity index (χ0n) is 22.1. The Balaban J connectivity index is 1.71. The number of fused-ring (bicyclic) bond motifs is 1. The number of furan rings is 1. The topological polar surface area (TPSA) is 83.0 Å². The zero-order chi connectivity index (χ0) is 28.4. The highest BCUT2D eigenvalue weighted by Crippen LogP contribution is 2.38. The van der Waals surface area contributed by atoms with Crippen LogP contribution in [0.2, 0.25) is 5.02 Å². The SMILES string of the molecule is CCCC1=C(C(=O)OCC)[C@H](c2cc(Cl)ccc2OC)n2c(s/c(=C/c3ccc(-c4ccc(I)cc4)o3)c2=O)=N1. The lowest BCUT2D eigenvalue weighted by molar-refractivity contribution is -0.139. The Morgan fingerprint density at radius 3 is 2.65 bits per heavy atom. The van der Waals surface area contributed by atoms with E-state index >= 15 is 0 Å². The number of ether oxygens (including phenoxy) is 2. The van der Waals surface area contributed by atoms with Crippen molar-refractivity contribution in [2.24, 2.45) is 4.99 Å². The minimum atomic E-state index is -0.827. The number of thiazole rings is 1. The highest BCUT2D eigenvalue weighted by molar-refractivity contribution is 14.1. The fraction of sp³-hybridized carbons (Fsp3) is 0.233. The first-order chi connectivity index (χ1) is 19.3. The number of aromatic nitrogens is 1. The average molecular weight is 689 g/mol. The van der Waals surface area contributed by atoms with Crippen molar-refractivity contribution in [1.29, 1.82) is 0 Å². The van der Waals surface area contributed by atoms with Crippen LogP contribution < -0.4 is 19.6 Å². The van der Waals surface area contributed by atoms with Crippen LogP contribution in [0.15, 0.2) is 80.1 Å². The highest BCUT2D eigenvalue weighted by Gasteiger charge is 2.36. The number of benzene rings is 2. The van der Waals surface area contributed by atoms with Crippen LogP contribution in [-0.2, 0) is 9.53 Å². The van der Waals surface area contributed by atoms with E-state index in [1.165, 1.54) is 15.9 Å². The molecule has 0 amide bonds. The first-order valence-corrected chi connectivity index (χ1v) is 15.0. The Labute approximate surface area is 253 Å². The molecule has 2 aromatic carbocycles. The quantitative estimate of drug-likeness (QED) is 0.165. The summed E-state index contributed by atoms with van der Waals surface area (Å²) in [5.41, 5.74) is 2.11. The number of hydrogen-bond donors (Lipinski definition) is 0. The van der Waals surface area contributed by atoms with E-state index in [1.54, 1.807) is 38.3 Å². The lowest BCUT2D eigenvalue weighted by Gasteiger charge is -2.27. The Hall–Kier alpha value is -3.15. The summed E-state index contributed by atoms with van der Waals surface area (Å²) in [6.45, 7) is 3.95. The molecule has 0 aliphatic carbocycles. The number of carbonyl (C=O) groups excluding carboxylic acids is 1. The molecule has 1 aliphatic rings. The first-order valence-electron chi connectivity index (χ1n) is 12.8. The summed E-state index contributed by atoms with van der Waals surface area (Å²) in [5.74, 6) is 1.21. The standard InChI is InChI=1S/C30H26ClIN2O5S/c1-4-6-22-26(29(36)38-5-2)27(21-15-18(31)9-13-24(21)37-3)34-28(35)25(40-30(34)33-22)16-20-12-14-23(39-20)17-7-10-19(32)11-8-17/h7-16,27H,4-6H2,1-3H3/b25-16+/t27-/m0/s1. The number of halogens is 2. The molecule has 1 atom stereocenters. The maximum atomic E-state index is 14.0. The summed E-state index contributed by atoms with van der Waals surface area (Å²) in [4.78, 5) is 32.6. The molecule has 0 bridgehead atoms. The molecule has 40 heavy (non-hydrogen) atoms. The lowest BCUT2D eigenvalue weighted by atomic mass is 9.93. The number of hydrogen-bond acceptors (Lipinski definition) is 7. The molecule has 0 N–H and O–H groups in total. The molecule has 0 saturated heterocycles. The normalized spacial score (nSPS) is 15.1. The van der Waals surface area contributed by atoms with E-state index in [2.05, 4.69) is 22.6 Å². The molecule has 2 aromatic heterocycles. The molecular weight excluding hydrogens is 663 g/mol. The Morgan fingerprint density at radius 1 is 1.18 bits per heavy atom. The largest absolute Gasteiger partial charge is 0.496 e. The van der Waals surface area contributed by atoms with Crippen molar-refractivity contribution in [3.05, 3.63) is 105 Å². The maximum Gasteiger partial charge on any atom is 0.338 e. The summed E-state index contributed by atoms with van der Waals surface area (Å²) in [5, 5.41) is 0.453. The highest BCUT2D eigenvalue weighted by atomic mass is 127. The lowest BCUT2D eigenvalue weighted by Crippen LogP contribution is -2.40. The second kappa shape index (κ2) is 12.2. The molecule has 5 rings (SSSR count). The van der Waals surface area contributed by atoms with Crippen molar-refractivity contribution in [3.63, 3.8) is 0 Å². The van der Waals surface area contributed by atoms with Gasteiger partial charge in [0.25, 0.3) is 5.56 Å². The maximum absolute atomic E-state index is 14.0. The van der Waals surface area contributed by atoms with Crippen molar-refractivity contribution in [2.75, 3.05) is 13.7 Å². The number of methoxy groups -OCH3 is 1. The van der Waals surface area contributed by atoms with Gasteiger partial charge in [0.2, 0.25) is 0 Å². The van der Waals surface area contributed by atoms with E-state index in [1.807, 2.05) is 43.3 Å². The van der Waals surface area contributed by atoms with Crippen molar-refractivity contribution in [2.45, 2.75) is 32.7 Å². The Bertz CT molecular complexity index is 1790. The molecule has 0 unspecified atom stereocenters. The summed E-state index contributed by atoms with van der Waals surface area (Å²) in [7, 11) is 1.54. The van der Waals surface area contributed by atoms with E-state index in [0.717, 1.165) is 15.6 Å². The Morgan fingerprint density at radius 2 is 1.95 bits per heavy atom. The third kappa shape index (κ3) is 5.55. The van der Waals surface area contributed by atoms with Crippen molar-refractivity contribution >= 4 is 57.6 Å². The van der Waals surface area contributed by atoms with E-state index < -0.39 is 12.0 Å².